The van der Waals surface area contributed by atoms with Gasteiger partial charge in [-0.2, -0.15) is 0 Å². The Bertz CT molecular complexity index is 607. The smallest absolute Gasteiger partial charge is 0.223 e. The molecule has 3 atom stereocenters. The molecule has 0 bridgehead atoms. The lowest BCUT2D eigenvalue weighted by Gasteiger charge is -2.16. The Balaban J connectivity index is 0.00000243. The summed E-state index contributed by atoms with van der Waals surface area (Å²) in [5, 5.41) is 6.78. The van der Waals surface area contributed by atoms with Gasteiger partial charge in [0, 0.05) is 44.6 Å². The molecule has 5 nitrogen and oxygen atoms in total. The number of nitrogens with zero attached hydrogens (tertiary/aromatic N) is 2. The van der Waals surface area contributed by atoms with Crippen LogP contribution in [0.5, 0.6) is 0 Å². The third-order valence-corrected chi connectivity index (χ3v) is 5.09. The fourth-order valence-electron chi connectivity index (χ4n) is 3.34. The van der Waals surface area contributed by atoms with E-state index in [4.69, 9.17) is 4.99 Å². The summed E-state index contributed by atoms with van der Waals surface area (Å²) < 4.78 is 0. The summed E-state index contributed by atoms with van der Waals surface area (Å²) in [7, 11) is 0. The molecule has 1 aromatic rings. The zero-order chi connectivity index (χ0) is 17.6. The van der Waals surface area contributed by atoms with Crippen molar-refractivity contribution >= 4 is 35.8 Å². The maximum absolute atomic E-state index is 12.3. The topological polar surface area (TPSA) is 56.7 Å². The van der Waals surface area contributed by atoms with Crippen molar-refractivity contribution in [3.05, 3.63) is 35.9 Å². The second kappa shape index (κ2) is 10.1. The van der Waals surface area contributed by atoms with Crippen molar-refractivity contribution in [3.8, 4) is 0 Å². The highest BCUT2D eigenvalue weighted by atomic mass is 127. The number of aliphatic imine (C=N–C) groups is 1. The maximum Gasteiger partial charge on any atom is 0.223 e. The summed E-state index contributed by atoms with van der Waals surface area (Å²) in [6, 6.07) is 10.9. The number of amides is 1. The molecule has 3 unspecified atom stereocenters. The van der Waals surface area contributed by atoms with Crippen LogP contribution in [0.1, 0.15) is 32.3 Å². The van der Waals surface area contributed by atoms with Gasteiger partial charge in [-0.05, 0) is 31.2 Å². The first-order valence-electron chi connectivity index (χ1n) is 9.52. The zero-order valence-electron chi connectivity index (χ0n) is 15.8. The molecule has 1 aliphatic heterocycles. The Hall–Kier alpha value is -1.31. The van der Waals surface area contributed by atoms with Crippen molar-refractivity contribution in [3.63, 3.8) is 0 Å². The average molecular weight is 470 g/mol. The molecular formula is C20H31IN4O. The van der Waals surface area contributed by atoms with Gasteiger partial charge in [-0.25, -0.2) is 0 Å². The van der Waals surface area contributed by atoms with Crippen LogP contribution in [0.25, 0.3) is 0 Å². The van der Waals surface area contributed by atoms with Crippen LogP contribution in [-0.2, 0) is 11.2 Å². The van der Waals surface area contributed by atoms with Gasteiger partial charge < -0.3 is 15.5 Å². The monoisotopic (exact) mass is 470 g/mol. The van der Waals surface area contributed by atoms with E-state index in [2.05, 4.69) is 48.7 Å². The quantitative estimate of drug-likeness (QED) is 0.366. The van der Waals surface area contributed by atoms with Gasteiger partial charge in [0.1, 0.15) is 0 Å². The first kappa shape index (κ1) is 21.0. The van der Waals surface area contributed by atoms with E-state index >= 15 is 0 Å². The number of guanidine groups is 1. The van der Waals surface area contributed by atoms with Gasteiger partial charge in [0.15, 0.2) is 5.96 Å². The number of likely N-dealkylation sites (tertiary alicyclic amines) is 1. The van der Waals surface area contributed by atoms with Crippen LogP contribution in [-0.4, -0.2) is 49.0 Å². The van der Waals surface area contributed by atoms with E-state index < -0.39 is 0 Å². The molecule has 0 spiro atoms. The second-order valence-electron chi connectivity index (χ2n) is 7.33. The number of rotatable bonds is 7. The second-order valence-corrected chi connectivity index (χ2v) is 7.33. The van der Waals surface area contributed by atoms with Crippen LogP contribution in [0.3, 0.4) is 0 Å². The average Bonchev–Trinajstić information content (AvgIpc) is 3.18. The first-order chi connectivity index (χ1) is 12.2. The lowest BCUT2D eigenvalue weighted by Crippen LogP contribution is -2.39. The molecule has 2 N–H and O–H groups in total. The van der Waals surface area contributed by atoms with Crippen molar-refractivity contribution in [2.24, 2.45) is 16.8 Å². The van der Waals surface area contributed by atoms with E-state index in [0.29, 0.717) is 24.9 Å². The third-order valence-electron chi connectivity index (χ3n) is 5.09. The predicted octanol–water partition coefficient (Wildman–Crippen LogP) is 2.66. The number of carbonyl (C=O) groups is 1. The van der Waals surface area contributed by atoms with Crippen LogP contribution < -0.4 is 10.6 Å². The highest BCUT2D eigenvalue weighted by Gasteiger charge is 2.33. The summed E-state index contributed by atoms with van der Waals surface area (Å²) in [5.41, 5.74) is 1.29. The SMILES string of the molecule is CCNC(=NCC1CC(=O)N(CCc2ccccc2)C1)NC1CC1C.I. The lowest BCUT2D eigenvalue weighted by atomic mass is 10.1. The molecule has 0 radical (unpaired) electrons. The van der Waals surface area contributed by atoms with Gasteiger partial charge in [0.25, 0.3) is 0 Å². The molecular weight excluding hydrogens is 439 g/mol. The first-order valence-corrected chi connectivity index (χ1v) is 9.52. The lowest BCUT2D eigenvalue weighted by molar-refractivity contribution is -0.127. The standard InChI is InChI=1S/C20H30N4O.HI/c1-3-21-20(23-18-11-15(18)2)22-13-17-12-19(25)24(14-17)10-9-16-7-5-4-6-8-16;/h4-8,15,17-18H,3,9-14H2,1-2H3,(H2,21,22,23);1H. The minimum Gasteiger partial charge on any atom is -0.357 e. The van der Waals surface area contributed by atoms with Gasteiger partial charge in [-0.1, -0.05) is 37.3 Å². The molecule has 1 aromatic carbocycles. The summed E-state index contributed by atoms with van der Waals surface area (Å²) >= 11 is 0. The van der Waals surface area contributed by atoms with E-state index in [1.54, 1.807) is 0 Å². The van der Waals surface area contributed by atoms with Gasteiger partial charge in [-0.15, -0.1) is 24.0 Å². The number of hydrogen-bond donors (Lipinski definition) is 2. The summed E-state index contributed by atoms with van der Waals surface area (Å²) in [6.45, 7) is 7.54. The highest BCUT2D eigenvalue weighted by Crippen LogP contribution is 2.28. The molecule has 2 fully saturated rings. The molecule has 3 rings (SSSR count). The summed E-state index contributed by atoms with van der Waals surface area (Å²) in [5.74, 6) is 2.23. The number of halogens is 1. The van der Waals surface area contributed by atoms with E-state index in [9.17, 15) is 4.79 Å². The maximum atomic E-state index is 12.3. The highest BCUT2D eigenvalue weighted by molar-refractivity contribution is 14.0. The molecule has 0 aromatic heterocycles. The van der Waals surface area contributed by atoms with Gasteiger partial charge in [0.05, 0.1) is 0 Å². The summed E-state index contributed by atoms with van der Waals surface area (Å²) in [6.07, 6.45) is 2.77. The van der Waals surface area contributed by atoms with E-state index in [0.717, 1.165) is 37.9 Å². The molecule has 1 saturated heterocycles. The molecule has 26 heavy (non-hydrogen) atoms. The van der Waals surface area contributed by atoms with Crippen LogP contribution in [0.4, 0.5) is 0 Å². The third kappa shape index (κ3) is 6.14. The minimum absolute atomic E-state index is 0. The van der Waals surface area contributed by atoms with Gasteiger partial charge in [0.2, 0.25) is 5.91 Å². The van der Waals surface area contributed by atoms with Crippen LogP contribution in [0.15, 0.2) is 35.3 Å². The molecule has 2 aliphatic rings. The van der Waals surface area contributed by atoms with Gasteiger partial charge >= 0.3 is 0 Å². The molecule has 1 saturated carbocycles. The van der Waals surface area contributed by atoms with E-state index in [1.807, 2.05) is 11.0 Å². The molecule has 1 aliphatic carbocycles. The molecule has 144 valence electrons. The van der Waals surface area contributed by atoms with E-state index in [-0.39, 0.29) is 29.9 Å². The number of benzene rings is 1. The van der Waals surface area contributed by atoms with Crippen molar-refractivity contribution in [1.82, 2.24) is 15.5 Å². The number of hydrogen-bond acceptors (Lipinski definition) is 2. The Morgan fingerprint density at radius 2 is 2.04 bits per heavy atom. The predicted molar refractivity (Wildman–Crippen MR) is 117 cm³/mol. The van der Waals surface area contributed by atoms with Crippen molar-refractivity contribution in [1.29, 1.82) is 0 Å². The van der Waals surface area contributed by atoms with E-state index in [1.165, 1.54) is 12.0 Å². The van der Waals surface area contributed by atoms with Crippen molar-refractivity contribution in [2.45, 2.75) is 39.2 Å². The normalized spacial score (nSPS) is 25.0. The Kier molecular flexibility index (Phi) is 8.18. The van der Waals surface area contributed by atoms with Crippen LogP contribution in [0, 0.1) is 11.8 Å². The number of nitrogens with one attached hydrogen (secondary N) is 2. The fraction of sp³-hybridized carbons (Fsp3) is 0.600. The Morgan fingerprint density at radius 1 is 1.31 bits per heavy atom. The van der Waals surface area contributed by atoms with Crippen molar-refractivity contribution in [2.75, 3.05) is 26.2 Å². The molecule has 1 heterocycles. The number of carbonyl (C=O) groups excluding carboxylic acids is 1. The largest absolute Gasteiger partial charge is 0.357 e. The Labute approximate surface area is 174 Å². The van der Waals surface area contributed by atoms with Crippen molar-refractivity contribution < 1.29 is 4.79 Å². The van der Waals surface area contributed by atoms with Gasteiger partial charge in [-0.3, -0.25) is 9.79 Å². The fourth-order valence-corrected chi connectivity index (χ4v) is 3.34. The Morgan fingerprint density at radius 3 is 2.69 bits per heavy atom. The van der Waals surface area contributed by atoms with Crippen LogP contribution >= 0.6 is 24.0 Å². The minimum atomic E-state index is 0. The molecule has 1 amide bonds. The zero-order valence-corrected chi connectivity index (χ0v) is 18.1. The molecule has 6 heteroatoms. The van der Waals surface area contributed by atoms with Crippen LogP contribution in [0.2, 0.25) is 0 Å². The summed E-state index contributed by atoms with van der Waals surface area (Å²) in [4.78, 5) is 19.0.